The number of urea groups is 1. The lowest BCUT2D eigenvalue weighted by atomic mass is 10.2. The van der Waals surface area contributed by atoms with E-state index in [4.69, 9.17) is 5.11 Å². The number of hydrogen-bond donors (Lipinski definition) is 3. The molecule has 0 aliphatic carbocycles. The molecule has 1 aliphatic rings. The topological polar surface area (TPSA) is 88.7 Å². The van der Waals surface area contributed by atoms with E-state index in [2.05, 4.69) is 15.2 Å². The van der Waals surface area contributed by atoms with Crippen LogP contribution in [0.1, 0.15) is 23.1 Å². The normalized spacial score (nSPS) is 19.9. The summed E-state index contributed by atoms with van der Waals surface area (Å²) in [6.07, 6.45) is 0. The Kier molecular flexibility index (Phi) is 3.99. The zero-order valence-electron chi connectivity index (χ0n) is 11.9. The summed E-state index contributed by atoms with van der Waals surface area (Å²) in [7, 11) is 2.02. The van der Waals surface area contributed by atoms with Crippen molar-refractivity contribution in [2.24, 2.45) is 0 Å². The number of piperazine rings is 1. The van der Waals surface area contributed by atoms with Gasteiger partial charge in [-0.05, 0) is 27.0 Å². The van der Waals surface area contributed by atoms with Crippen LogP contribution in [0, 0.1) is 6.92 Å². The smallest absolute Gasteiger partial charge is 0.354 e. The van der Waals surface area contributed by atoms with Gasteiger partial charge in [0, 0.05) is 31.4 Å². The number of nitrogens with zero attached hydrogens (tertiary/aromatic N) is 2. The quantitative estimate of drug-likeness (QED) is 0.759. The molecule has 0 radical (unpaired) electrons. The van der Waals surface area contributed by atoms with Gasteiger partial charge in [0.05, 0.1) is 5.69 Å². The van der Waals surface area contributed by atoms with Crippen molar-refractivity contribution in [1.82, 2.24) is 14.8 Å². The van der Waals surface area contributed by atoms with Crippen molar-refractivity contribution in [2.45, 2.75) is 19.9 Å². The highest BCUT2D eigenvalue weighted by Gasteiger charge is 2.27. The number of carboxylic acid groups (broad SMARTS) is 1. The number of carbonyl (C=O) groups is 2. The van der Waals surface area contributed by atoms with Gasteiger partial charge in [0.1, 0.15) is 5.69 Å². The monoisotopic (exact) mass is 280 g/mol. The molecule has 1 atom stereocenters. The van der Waals surface area contributed by atoms with Gasteiger partial charge in [0.2, 0.25) is 0 Å². The molecular weight excluding hydrogens is 260 g/mol. The Hall–Kier alpha value is -2.02. The third-order valence-electron chi connectivity index (χ3n) is 3.50. The second-order valence-corrected chi connectivity index (χ2v) is 5.28. The van der Waals surface area contributed by atoms with Crippen molar-refractivity contribution in [3.8, 4) is 0 Å². The van der Waals surface area contributed by atoms with E-state index in [-0.39, 0.29) is 17.8 Å². The number of aromatic carboxylic acids is 1. The number of anilines is 1. The zero-order valence-corrected chi connectivity index (χ0v) is 11.9. The zero-order chi connectivity index (χ0) is 14.9. The molecule has 1 aliphatic heterocycles. The molecule has 110 valence electrons. The number of likely N-dealkylation sites (N-methyl/N-ethyl adjacent to an activating group) is 1. The van der Waals surface area contributed by atoms with E-state index in [0.29, 0.717) is 17.9 Å². The van der Waals surface area contributed by atoms with Gasteiger partial charge in [-0.15, -0.1) is 0 Å². The van der Waals surface area contributed by atoms with Gasteiger partial charge in [0.15, 0.2) is 0 Å². The third kappa shape index (κ3) is 2.93. The number of aryl methyl sites for hydroxylation is 1. The Bertz CT molecular complexity index is 526. The van der Waals surface area contributed by atoms with Gasteiger partial charge in [-0.1, -0.05) is 0 Å². The Morgan fingerprint density at radius 2 is 2.15 bits per heavy atom. The van der Waals surface area contributed by atoms with Crippen molar-refractivity contribution >= 4 is 17.7 Å². The molecule has 2 rings (SSSR count). The average Bonchev–Trinajstić information content (AvgIpc) is 2.70. The van der Waals surface area contributed by atoms with Gasteiger partial charge in [-0.3, -0.25) is 0 Å². The van der Waals surface area contributed by atoms with E-state index in [9.17, 15) is 9.59 Å². The highest BCUT2D eigenvalue weighted by Crippen LogP contribution is 2.18. The fourth-order valence-electron chi connectivity index (χ4n) is 2.48. The van der Waals surface area contributed by atoms with Gasteiger partial charge < -0.3 is 25.2 Å². The van der Waals surface area contributed by atoms with Crippen LogP contribution in [0.4, 0.5) is 10.5 Å². The number of amides is 2. The molecule has 1 saturated heterocycles. The van der Waals surface area contributed by atoms with Crippen LogP contribution in [-0.4, -0.2) is 64.6 Å². The summed E-state index contributed by atoms with van der Waals surface area (Å²) in [6, 6.07) is 1.47. The minimum atomic E-state index is -1.08. The molecule has 3 N–H and O–H groups in total. The van der Waals surface area contributed by atoms with Gasteiger partial charge in [-0.25, -0.2) is 9.59 Å². The first kappa shape index (κ1) is 14.4. The summed E-state index contributed by atoms with van der Waals surface area (Å²) in [6.45, 7) is 5.99. The number of aromatic nitrogens is 1. The number of hydrogen-bond acceptors (Lipinski definition) is 3. The number of nitrogens with one attached hydrogen (secondary N) is 2. The second-order valence-electron chi connectivity index (χ2n) is 5.28. The number of carbonyl (C=O) groups excluding carboxylic acids is 1. The van der Waals surface area contributed by atoms with Crippen LogP contribution in [0.5, 0.6) is 0 Å². The van der Waals surface area contributed by atoms with Crippen molar-refractivity contribution in [1.29, 1.82) is 0 Å². The molecular formula is C13H20N4O3. The minimum Gasteiger partial charge on any atom is -0.477 e. The first-order valence-electron chi connectivity index (χ1n) is 6.57. The van der Waals surface area contributed by atoms with Gasteiger partial charge in [-0.2, -0.15) is 0 Å². The van der Waals surface area contributed by atoms with Crippen molar-refractivity contribution in [3.63, 3.8) is 0 Å². The maximum absolute atomic E-state index is 12.3. The molecule has 2 amide bonds. The van der Waals surface area contributed by atoms with Crippen LogP contribution in [0.25, 0.3) is 0 Å². The Morgan fingerprint density at radius 3 is 2.75 bits per heavy atom. The van der Waals surface area contributed by atoms with Crippen LogP contribution < -0.4 is 5.32 Å². The standard InChI is InChI=1S/C13H20N4O3/c1-8-6-10(11(14-8)12(18)19)15-13(20)17-5-4-16(3)7-9(17)2/h6,9,14H,4-5,7H2,1-3H3,(H,15,20)(H,18,19). The van der Waals surface area contributed by atoms with E-state index in [1.807, 2.05) is 14.0 Å². The lowest BCUT2D eigenvalue weighted by Crippen LogP contribution is -2.54. The first-order chi connectivity index (χ1) is 9.38. The van der Waals surface area contributed by atoms with Crippen molar-refractivity contribution < 1.29 is 14.7 Å². The summed E-state index contributed by atoms with van der Waals surface area (Å²) >= 11 is 0. The van der Waals surface area contributed by atoms with E-state index in [1.165, 1.54) is 0 Å². The maximum atomic E-state index is 12.3. The highest BCUT2D eigenvalue weighted by atomic mass is 16.4. The van der Waals surface area contributed by atoms with Crippen LogP contribution >= 0.6 is 0 Å². The fraction of sp³-hybridized carbons (Fsp3) is 0.538. The van der Waals surface area contributed by atoms with Crippen molar-refractivity contribution in [2.75, 3.05) is 32.0 Å². The molecule has 1 fully saturated rings. The van der Waals surface area contributed by atoms with Crippen LogP contribution in [0.2, 0.25) is 0 Å². The number of rotatable bonds is 2. The molecule has 7 heteroatoms. The predicted molar refractivity (Wildman–Crippen MR) is 75.2 cm³/mol. The number of H-pyrrole nitrogens is 1. The summed E-state index contributed by atoms with van der Waals surface area (Å²) in [5.41, 5.74) is 1.02. The SMILES string of the molecule is Cc1cc(NC(=O)N2CCN(C)CC2C)c(C(=O)O)[nH]1. The number of carboxylic acids is 1. The van der Waals surface area contributed by atoms with E-state index < -0.39 is 5.97 Å². The van der Waals surface area contributed by atoms with Gasteiger partial charge >= 0.3 is 12.0 Å². The lowest BCUT2D eigenvalue weighted by Gasteiger charge is -2.38. The summed E-state index contributed by atoms with van der Waals surface area (Å²) in [5.74, 6) is -1.08. The van der Waals surface area contributed by atoms with Crippen LogP contribution in [-0.2, 0) is 0 Å². The van der Waals surface area contributed by atoms with E-state index in [0.717, 1.165) is 13.1 Å². The molecule has 20 heavy (non-hydrogen) atoms. The maximum Gasteiger partial charge on any atom is 0.354 e. The molecule has 1 unspecified atom stereocenters. The van der Waals surface area contributed by atoms with Crippen LogP contribution in [0.3, 0.4) is 0 Å². The molecule has 1 aromatic rings. The van der Waals surface area contributed by atoms with Crippen LogP contribution in [0.15, 0.2) is 6.07 Å². The second kappa shape index (κ2) is 5.54. The van der Waals surface area contributed by atoms with Crippen molar-refractivity contribution in [3.05, 3.63) is 17.5 Å². The van der Waals surface area contributed by atoms with Gasteiger partial charge in [0.25, 0.3) is 0 Å². The average molecular weight is 280 g/mol. The summed E-state index contributed by atoms with van der Waals surface area (Å²) in [4.78, 5) is 30.0. The largest absolute Gasteiger partial charge is 0.477 e. The molecule has 0 saturated carbocycles. The number of aromatic amines is 1. The molecule has 0 aromatic carbocycles. The van der Waals surface area contributed by atoms with E-state index in [1.54, 1.807) is 17.9 Å². The molecule has 0 spiro atoms. The predicted octanol–water partition coefficient (Wildman–Crippen LogP) is 1.19. The fourth-order valence-corrected chi connectivity index (χ4v) is 2.48. The van der Waals surface area contributed by atoms with E-state index >= 15 is 0 Å². The Balaban J connectivity index is 2.10. The Morgan fingerprint density at radius 1 is 1.45 bits per heavy atom. The molecule has 1 aromatic heterocycles. The first-order valence-corrected chi connectivity index (χ1v) is 6.57. The summed E-state index contributed by atoms with van der Waals surface area (Å²) < 4.78 is 0. The third-order valence-corrected chi connectivity index (χ3v) is 3.50. The lowest BCUT2D eigenvalue weighted by molar-refractivity contribution is 0.0692. The minimum absolute atomic E-state index is 0.0117. The molecule has 0 bridgehead atoms. The highest BCUT2D eigenvalue weighted by molar-refractivity contribution is 5.99. The Labute approximate surface area is 117 Å². The molecule has 2 heterocycles. The summed E-state index contributed by atoms with van der Waals surface area (Å²) in [5, 5.41) is 11.8. The molecule has 7 nitrogen and oxygen atoms in total.